The van der Waals surface area contributed by atoms with Gasteiger partial charge in [-0.1, -0.05) is 18.5 Å². The lowest BCUT2D eigenvalue weighted by Crippen LogP contribution is -2.21. The summed E-state index contributed by atoms with van der Waals surface area (Å²) in [5, 5.41) is 8.25. The summed E-state index contributed by atoms with van der Waals surface area (Å²) in [5.41, 5.74) is -1.46. The van der Waals surface area contributed by atoms with Gasteiger partial charge in [0, 0.05) is 10.6 Å². The standard InChI is InChI=1S/C14H12ClF3O5/c1-7(2-12(20)21)13(22)23-6-11(19)8-3-9(14(16,17)18)5-10(15)4-8/h3-5,7H,2,6H2,1H3,(H,20,21). The minimum atomic E-state index is -4.67. The Morgan fingerprint density at radius 3 is 2.39 bits per heavy atom. The molecular formula is C14H12ClF3O5. The minimum absolute atomic E-state index is 0.284. The van der Waals surface area contributed by atoms with E-state index in [4.69, 9.17) is 16.7 Å². The van der Waals surface area contributed by atoms with Crippen LogP contribution in [0, 0.1) is 5.92 Å². The molecule has 0 aliphatic rings. The van der Waals surface area contributed by atoms with Gasteiger partial charge in [0.2, 0.25) is 0 Å². The number of carbonyl (C=O) groups excluding carboxylic acids is 2. The van der Waals surface area contributed by atoms with Gasteiger partial charge < -0.3 is 9.84 Å². The van der Waals surface area contributed by atoms with Crippen molar-refractivity contribution in [1.29, 1.82) is 0 Å². The first-order chi connectivity index (χ1) is 10.5. The van der Waals surface area contributed by atoms with E-state index in [0.29, 0.717) is 12.1 Å². The predicted molar refractivity (Wildman–Crippen MR) is 73.2 cm³/mol. The average Bonchev–Trinajstić information content (AvgIpc) is 2.41. The number of aliphatic carboxylic acids is 1. The third-order valence-electron chi connectivity index (χ3n) is 2.78. The molecule has 0 saturated heterocycles. The van der Waals surface area contributed by atoms with Gasteiger partial charge in [-0.3, -0.25) is 14.4 Å². The Hall–Kier alpha value is -2.09. The van der Waals surface area contributed by atoms with Crippen LogP contribution in [0.25, 0.3) is 0 Å². The van der Waals surface area contributed by atoms with Gasteiger partial charge in [0.1, 0.15) is 0 Å². The second-order valence-corrected chi connectivity index (χ2v) is 5.19. The number of hydrogen-bond acceptors (Lipinski definition) is 4. The molecule has 0 aliphatic carbocycles. The monoisotopic (exact) mass is 352 g/mol. The molecule has 0 aromatic heterocycles. The number of ketones is 1. The Morgan fingerprint density at radius 1 is 1.26 bits per heavy atom. The van der Waals surface area contributed by atoms with Crippen molar-refractivity contribution in [2.75, 3.05) is 6.61 Å². The van der Waals surface area contributed by atoms with E-state index in [0.717, 1.165) is 6.07 Å². The van der Waals surface area contributed by atoms with Crippen molar-refractivity contribution in [1.82, 2.24) is 0 Å². The average molecular weight is 353 g/mol. The van der Waals surface area contributed by atoms with Crippen LogP contribution in [0.15, 0.2) is 18.2 Å². The van der Waals surface area contributed by atoms with E-state index in [1.807, 2.05) is 0 Å². The largest absolute Gasteiger partial charge is 0.481 e. The normalized spacial score (nSPS) is 12.6. The highest BCUT2D eigenvalue weighted by molar-refractivity contribution is 6.31. The van der Waals surface area contributed by atoms with Crippen LogP contribution in [0.3, 0.4) is 0 Å². The summed E-state index contributed by atoms with van der Waals surface area (Å²) in [6, 6.07) is 2.29. The summed E-state index contributed by atoms with van der Waals surface area (Å²) in [6.07, 6.45) is -5.16. The van der Waals surface area contributed by atoms with Crippen molar-refractivity contribution in [3.8, 4) is 0 Å². The molecule has 126 valence electrons. The number of alkyl halides is 3. The highest BCUT2D eigenvalue weighted by Gasteiger charge is 2.31. The molecule has 1 aromatic carbocycles. The second-order valence-electron chi connectivity index (χ2n) is 4.76. The number of esters is 1. The lowest BCUT2D eigenvalue weighted by Gasteiger charge is -2.11. The molecule has 0 radical (unpaired) electrons. The van der Waals surface area contributed by atoms with Crippen LogP contribution in [0.4, 0.5) is 13.2 Å². The Balaban J connectivity index is 2.77. The summed E-state index contributed by atoms with van der Waals surface area (Å²) in [4.78, 5) is 33.7. The van der Waals surface area contributed by atoms with Crippen LogP contribution in [0.5, 0.6) is 0 Å². The molecule has 9 heteroatoms. The molecule has 0 amide bonds. The summed E-state index contributed by atoms with van der Waals surface area (Å²) in [6.45, 7) is 0.489. The van der Waals surface area contributed by atoms with Gasteiger partial charge in [-0.2, -0.15) is 13.2 Å². The summed E-state index contributed by atoms with van der Waals surface area (Å²) in [5.74, 6) is -4.01. The van der Waals surface area contributed by atoms with E-state index in [2.05, 4.69) is 4.74 Å². The van der Waals surface area contributed by atoms with Gasteiger partial charge in [0.05, 0.1) is 17.9 Å². The zero-order valence-corrected chi connectivity index (χ0v) is 12.6. The number of ether oxygens (including phenoxy) is 1. The van der Waals surface area contributed by atoms with Crippen molar-refractivity contribution in [2.45, 2.75) is 19.5 Å². The zero-order valence-electron chi connectivity index (χ0n) is 11.8. The van der Waals surface area contributed by atoms with Crippen LogP contribution in [0.1, 0.15) is 29.3 Å². The van der Waals surface area contributed by atoms with Gasteiger partial charge >= 0.3 is 18.1 Å². The molecule has 1 rings (SSSR count). The third kappa shape index (κ3) is 5.90. The van der Waals surface area contributed by atoms with Crippen LogP contribution in [-0.4, -0.2) is 29.4 Å². The fraction of sp³-hybridized carbons (Fsp3) is 0.357. The molecule has 23 heavy (non-hydrogen) atoms. The second kappa shape index (κ2) is 7.45. The number of benzene rings is 1. The Bertz CT molecular complexity index is 627. The molecule has 0 fully saturated rings. The summed E-state index contributed by atoms with van der Waals surface area (Å²) < 4.78 is 42.5. The molecule has 0 aliphatic heterocycles. The van der Waals surface area contributed by atoms with E-state index < -0.39 is 48.4 Å². The number of rotatable bonds is 6. The lowest BCUT2D eigenvalue weighted by atomic mass is 10.1. The highest BCUT2D eigenvalue weighted by Crippen LogP contribution is 2.32. The molecule has 0 saturated carbocycles. The molecule has 0 bridgehead atoms. The number of Topliss-reactive ketones (excluding diaryl/α,β-unsaturated/α-hetero) is 1. The lowest BCUT2D eigenvalue weighted by molar-refractivity contribution is -0.151. The molecule has 1 N–H and O–H groups in total. The number of carboxylic acids is 1. The van der Waals surface area contributed by atoms with Gasteiger partial charge in [-0.15, -0.1) is 0 Å². The van der Waals surface area contributed by atoms with Crippen LogP contribution >= 0.6 is 11.6 Å². The topological polar surface area (TPSA) is 80.7 Å². The molecule has 5 nitrogen and oxygen atoms in total. The molecular weight excluding hydrogens is 341 g/mol. The van der Waals surface area contributed by atoms with E-state index in [1.54, 1.807) is 0 Å². The van der Waals surface area contributed by atoms with Crippen LogP contribution in [0.2, 0.25) is 5.02 Å². The van der Waals surface area contributed by atoms with E-state index >= 15 is 0 Å². The fourth-order valence-electron chi connectivity index (χ4n) is 1.62. The first-order valence-corrected chi connectivity index (χ1v) is 6.68. The van der Waals surface area contributed by atoms with E-state index in [9.17, 15) is 27.6 Å². The van der Waals surface area contributed by atoms with Crippen molar-refractivity contribution >= 4 is 29.3 Å². The third-order valence-corrected chi connectivity index (χ3v) is 2.99. The first-order valence-electron chi connectivity index (χ1n) is 6.30. The number of halogens is 4. The smallest absolute Gasteiger partial charge is 0.416 e. The minimum Gasteiger partial charge on any atom is -0.481 e. The van der Waals surface area contributed by atoms with Crippen LogP contribution in [-0.2, 0) is 20.5 Å². The fourth-order valence-corrected chi connectivity index (χ4v) is 1.86. The number of carboxylic acid groups (broad SMARTS) is 1. The van der Waals surface area contributed by atoms with Crippen LogP contribution < -0.4 is 0 Å². The van der Waals surface area contributed by atoms with Crippen molar-refractivity contribution in [3.63, 3.8) is 0 Å². The van der Waals surface area contributed by atoms with E-state index in [1.165, 1.54) is 6.92 Å². The summed E-state index contributed by atoms with van der Waals surface area (Å²) in [7, 11) is 0. The maximum atomic E-state index is 12.6. The van der Waals surface area contributed by atoms with Crippen molar-refractivity contribution < 1.29 is 37.4 Å². The van der Waals surface area contributed by atoms with Gasteiger partial charge in [0.25, 0.3) is 0 Å². The highest BCUT2D eigenvalue weighted by atomic mass is 35.5. The quantitative estimate of drug-likeness (QED) is 0.628. The van der Waals surface area contributed by atoms with Gasteiger partial charge in [0.15, 0.2) is 12.4 Å². The zero-order chi connectivity index (χ0) is 17.8. The molecule has 1 unspecified atom stereocenters. The Morgan fingerprint density at radius 2 is 1.87 bits per heavy atom. The number of carbonyl (C=O) groups is 3. The molecule has 1 aromatic rings. The van der Waals surface area contributed by atoms with Gasteiger partial charge in [-0.25, -0.2) is 0 Å². The molecule has 1 atom stereocenters. The van der Waals surface area contributed by atoms with E-state index in [-0.39, 0.29) is 10.6 Å². The van der Waals surface area contributed by atoms with Crippen molar-refractivity contribution in [3.05, 3.63) is 34.3 Å². The van der Waals surface area contributed by atoms with Crippen molar-refractivity contribution in [2.24, 2.45) is 5.92 Å². The maximum absolute atomic E-state index is 12.6. The predicted octanol–water partition coefficient (Wildman–Crippen LogP) is 3.20. The molecule has 0 heterocycles. The maximum Gasteiger partial charge on any atom is 0.416 e. The Kier molecular flexibility index (Phi) is 6.14. The SMILES string of the molecule is CC(CC(=O)O)C(=O)OCC(=O)c1cc(Cl)cc(C(F)(F)F)c1. The summed E-state index contributed by atoms with van der Waals surface area (Å²) >= 11 is 5.55. The number of hydrogen-bond donors (Lipinski definition) is 1. The molecule has 0 spiro atoms. The Labute approximate surface area is 134 Å². The first kappa shape index (κ1) is 19.0. The van der Waals surface area contributed by atoms with Gasteiger partial charge in [-0.05, 0) is 18.2 Å².